The Morgan fingerprint density at radius 3 is 1.26 bits per heavy atom. The molecule has 0 spiro atoms. The maximum absolute atomic E-state index is 6.71. The molecule has 0 N–H and O–H groups in total. The Morgan fingerprint density at radius 2 is 0.903 bits per heavy atom. The van der Waals surface area contributed by atoms with Gasteiger partial charge in [0.1, 0.15) is 29.3 Å². The van der Waals surface area contributed by atoms with Crippen molar-refractivity contribution in [3.8, 4) is 0 Å². The van der Waals surface area contributed by atoms with Gasteiger partial charge in [-0.1, -0.05) is 31.6 Å². The molecule has 0 aromatic rings. The molecule has 0 radical (unpaired) electrons. The molecule has 0 bridgehead atoms. The minimum Gasteiger partial charge on any atom is -0.463 e. The van der Waals surface area contributed by atoms with Gasteiger partial charge in [-0.25, -0.2) is 0 Å². The zero-order valence-electron chi connectivity index (χ0n) is 46.0. The zero-order valence-corrected chi connectivity index (χ0v) is 64.7. The molecule has 25 heteroatoms. The second kappa shape index (κ2) is 33.2. The summed E-state index contributed by atoms with van der Waals surface area (Å²) in [5.74, 6) is 0.612. The lowest BCUT2D eigenvalue weighted by molar-refractivity contribution is 0.325. The molecule has 374 valence electrons. The average Bonchev–Trinajstić information content (AvgIpc) is 3.00. The van der Waals surface area contributed by atoms with Crippen molar-refractivity contribution < 1.29 is 37.0 Å². The number of hydrogen-bond donors (Lipinski definition) is 0. The van der Waals surface area contributed by atoms with Gasteiger partial charge in [0, 0.05) is 0 Å². The largest absolute Gasteiger partial charge is 0.463 e. The fraction of sp³-hybridized carbons (Fsp3) is 0.892. The standard InChI is InChI=1S/C14H42O4Si6.C12H36O3Si6.C11H30O2Si4/c1-19(2)15-20(3)13-14-24(12,17-22(7,8)9)18-23(10,11)16-21(4,5)6;1-12(2)9-16-14-21(7,8)11-18-15-20(5,6)10-17-13-19(3)4;1-10(2)11(3)8-14-13-17(6,7)9-15-12-16(4)5/h19-20H,13-14H2,1-12H3;19H,1,9-11,16-18H2,2-8H3;10,16H,3,8-9,14-15H2,1-2,4-7H3. The van der Waals surface area contributed by atoms with E-state index in [2.05, 4.69) is 178 Å². The molecule has 2 atom stereocenters. The van der Waals surface area contributed by atoms with Crippen LogP contribution in [0.2, 0.25) is 185 Å². The number of allylic oxidation sites excluding steroid dienone is 2. The van der Waals surface area contributed by atoms with Crippen molar-refractivity contribution in [2.45, 2.75) is 206 Å². The highest BCUT2D eigenvalue weighted by Crippen LogP contribution is 2.29. The molecule has 2 unspecified atom stereocenters. The van der Waals surface area contributed by atoms with E-state index < -0.39 is 124 Å². The molecule has 0 aromatic heterocycles. The van der Waals surface area contributed by atoms with Gasteiger partial charge in [0.25, 0.3) is 0 Å². The second-order valence-corrected chi connectivity index (χ2v) is 74.6. The summed E-state index contributed by atoms with van der Waals surface area (Å²) in [5.41, 5.74) is 6.45. The molecule has 0 aliphatic rings. The molecule has 0 amide bonds. The SMILES string of the molecule is C=C(C)C[SiH2]O[Si](C)(C)C[SiH2]O[Si](C)(C)C[SiH2]O[SiH](C)C.C=C(C[SiH2]O[Si](C)(C)C[SiH2]O[SiH](C)C)C(C)C.C[SiH](C)O[SiH](C)CC[Si](C)(O[Si](C)(C)C)O[Si](C)(C)O[Si](C)(C)C. The second-order valence-electron chi connectivity index (χ2n) is 22.8. The van der Waals surface area contributed by atoms with Crippen molar-refractivity contribution in [2.24, 2.45) is 5.92 Å². The van der Waals surface area contributed by atoms with Gasteiger partial charge in [-0.05, 0) is 198 Å². The van der Waals surface area contributed by atoms with Crippen LogP contribution in [0.15, 0.2) is 24.3 Å². The summed E-state index contributed by atoms with van der Waals surface area (Å²) >= 11 is 0. The van der Waals surface area contributed by atoms with Crippen LogP contribution >= 0.6 is 0 Å². The van der Waals surface area contributed by atoms with E-state index in [1.807, 2.05) is 0 Å². The molecule has 0 heterocycles. The van der Waals surface area contributed by atoms with Gasteiger partial charge >= 0.3 is 17.1 Å². The fourth-order valence-corrected chi connectivity index (χ4v) is 59.6. The van der Waals surface area contributed by atoms with Crippen LogP contribution in [0.4, 0.5) is 0 Å². The summed E-state index contributed by atoms with van der Waals surface area (Å²) in [6.07, 6.45) is 0. The highest BCUT2D eigenvalue weighted by atomic mass is 28.5. The highest BCUT2D eigenvalue weighted by molar-refractivity contribution is 6.90. The minimum atomic E-state index is -2.24. The smallest absolute Gasteiger partial charge is 0.315 e. The first-order valence-corrected chi connectivity index (χ1v) is 64.1. The van der Waals surface area contributed by atoms with Crippen molar-refractivity contribution in [3.63, 3.8) is 0 Å². The predicted molar refractivity (Wildman–Crippen MR) is 323 cm³/mol. The van der Waals surface area contributed by atoms with Gasteiger partial charge in [0.15, 0.2) is 97.3 Å². The fourth-order valence-electron chi connectivity index (χ4n) is 6.17. The Kier molecular flexibility index (Phi) is 36.9. The molecule has 9 nitrogen and oxygen atoms in total. The first-order chi connectivity index (χ1) is 27.7. The monoisotopic (exact) mass is 1140 g/mol. The molecule has 0 aromatic carbocycles. The van der Waals surface area contributed by atoms with E-state index in [1.54, 1.807) is 0 Å². The third kappa shape index (κ3) is 47.6. The summed E-state index contributed by atoms with van der Waals surface area (Å²) in [7, 11) is -17.4. The maximum Gasteiger partial charge on any atom is 0.315 e. The van der Waals surface area contributed by atoms with Crippen LogP contribution < -0.4 is 0 Å². The van der Waals surface area contributed by atoms with Gasteiger partial charge in [-0.2, -0.15) is 0 Å². The Hall–Kier alpha value is 2.59. The molecule has 62 heavy (non-hydrogen) atoms. The molecule has 0 saturated heterocycles. The molecule has 0 saturated carbocycles. The first-order valence-electron chi connectivity index (χ1n) is 23.9. The summed E-state index contributed by atoms with van der Waals surface area (Å²) in [6, 6.07) is 4.46. The Balaban J connectivity index is -0.000000855. The summed E-state index contributed by atoms with van der Waals surface area (Å²) in [5, 5.41) is 0. The topological polar surface area (TPSA) is 83.1 Å². The summed E-state index contributed by atoms with van der Waals surface area (Å²) < 4.78 is 56.6. The third-order valence-corrected chi connectivity index (χ3v) is 66.4. The van der Waals surface area contributed by atoms with E-state index in [1.165, 1.54) is 28.1 Å². The van der Waals surface area contributed by atoms with Crippen LogP contribution in [-0.4, -0.2) is 144 Å². The molecular weight excluding hydrogens is 1040 g/mol. The van der Waals surface area contributed by atoms with Crippen molar-refractivity contribution >= 4 is 144 Å². The normalized spacial score (nSPS) is 15.7. The Bertz CT molecular complexity index is 1200. The minimum absolute atomic E-state index is 0.305. The molecule has 0 aliphatic heterocycles. The average molecular weight is 1150 g/mol. The first kappa shape index (κ1) is 68.9. The van der Waals surface area contributed by atoms with E-state index in [4.69, 9.17) is 37.0 Å². The van der Waals surface area contributed by atoms with Crippen LogP contribution in [0.3, 0.4) is 0 Å². The van der Waals surface area contributed by atoms with Gasteiger partial charge in [0.2, 0.25) is 0 Å². The van der Waals surface area contributed by atoms with Crippen molar-refractivity contribution in [3.05, 3.63) is 24.3 Å². The Morgan fingerprint density at radius 1 is 0.516 bits per heavy atom. The van der Waals surface area contributed by atoms with Gasteiger partial charge in [0.05, 0.1) is 0 Å². The summed E-state index contributed by atoms with van der Waals surface area (Å²) in [6.45, 7) is 64.7. The summed E-state index contributed by atoms with van der Waals surface area (Å²) in [4.78, 5) is 0. The molecule has 0 aliphatic carbocycles. The van der Waals surface area contributed by atoms with Crippen molar-refractivity contribution in [1.82, 2.24) is 0 Å². The zero-order chi connectivity index (χ0) is 49.4. The van der Waals surface area contributed by atoms with E-state index in [9.17, 15) is 0 Å². The highest BCUT2D eigenvalue weighted by Gasteiger charge is 2.44. The van der Waals surface area contributed by atoms with Gasteiger partial charge < -0.3 is 37.0 Å². The lowest BCUT2D eigenvalue weighted by atomic mass is 10.1. The van der Waals surface area contributed by atoms with Crippen molar-refractivity contribution in [1.29, 1.82) is 0 Å². The van der Waals surface area contributed by atoms with Crippen LogP contribution in [0.1, 0.15) is 20.8 Å². The van der Waals surface area contributed by atoms with Gasteiger partial charge in [-0.3, -0.25) is 0 Å². The third-order valence-electron chi connectivity index (χ3n) is 9.31. The van der Waals surface area contributed by atoms with Gasteiger partial charge in [-0.15, -0.1) is 6.58 Å². The van der Waals surface area contributed by atoms with E-state index >= 15 is 0 Å². The lowest BCUT2D eigenvalue weighted by Crippen LogP contribution is -2.57. The van der Waals surface area contributed by atoms with Crippen LogP contribution in [0, 0.1) is 5.92 Å². The van der Waals surface area contributed by atoms with Crippen molar-refractivity contribution in [2.75, 3.05) is 0 Å². The number of rotatable bonds is 32. The Labute approximate surface area is 413 Å². The predicted octanol–water partition coefficient (Wildman–Crippen LogP) is 8.39. The van der Waals surface area contributed by atoms with Crippen LogP contribution in [0.25, 0.3) is 0 Å². The molecule has 0 fully saturated rings. The van der Waals surface area contributed by atoms with Crippen LogP contribution in [-0.2, 0) is 37.0 Å². The van der Waals surface area contributed by atoms with E-state index in [-0.39, 0.29) is 19.5 Å². The number of hydrogen-bond acceptors (Lipinski definition) is 9. The molecular formula is C37H108O9Si16. The van der Waals surface area contributed by atoms with E-state index in [0.717, 1.165) is 24.2 Å². The van der Waals surface area contributed by atoms with Crippen LogP contribution in [0.5, 0.6) is 0 Å². The quantitative estimate of drug-likeness (QED) is 0.0488. The maximum atomic E-state index is 6.71. The lowest BCUT2D eigenvalue weighted by Gasteiger charge is -2.41. The van der Waals surface area contributed by atoms with E-state index in [0.29, 0.717) is 5.92 Å². The molecule has 0 rings (SSSR count).